The molecule has 1 aliphatic rings. The lowest BCUT2D eigenvalue weighted by Gasteiger charge is -2.04. The average Bonchev–Trinajstić information content (AvgIpc) is 2.81. The van der Waals surface area contributed by atoms with Crippen LogP contribution in [-0.2, 0) is 4.79 Å². The van der Waals surface area contributed by atoms with E-state index in [0.717, 1.165) is 0 Å². The molecule has 0 saturated heterocycles. The van der Waals surface area contributed by atoms with Gasteiger partial charge >= 0.3 is 0 Å². The van der Waals surface area contributed by atoms with E-state index in [2.05, 4.69) is 0 Å². The molecule has 0 aliphatic carbocycles. The molecule has 116 valence electrons. The van der Waals surface area contributed by atoms with Gasteiger partial charge in [0.05, 0.1) is 5.56 Å². The highest BCUT2D eigenvalue weighted by Gasteiger charge is 2.27. The van der Waals surface area contributed by atoms with E-state index in [0.29, 0.717) is 22.6 Å². The van der Waals surface area contributed by atoms with E-state index in [1.807, 2.05) is 0 Å². The second kappa shape index (κ2) is 6.04. The minimum Gasteiger partial charge on any atom is -0.486 e. The number of ketones is 2. The second-order valence-corrected chi connectivity index (χ2v) is 5.14. The van der Waals surface area contributed by atoms with Gasteiger partial charge in [0.1, 0.15) is 23.9 Å². The molecular formula is C18H13FO4. The summed E-state index contributed by atoms with van der Waals surface area (Å²) in [5.74, 6) is 0.158. The topological polar surface area (TPSA) is 52.6 Å². The number of rotatable bonds is 4. The Morgan fingerprint density at radius 1 is 1.26 bits per heavy atom. The summed E-state index contributed by atoms with van der Waals surface area (Å²) in [4.78, 5) is 23.2. The Morgan fingerprint density at radius 3 is 2.83 bits per heavy atom. The molecule has 1 heterocycles. The number of carbonyl (C=O) groups excluding carboxylic acids is 2. The van der Waals surface area contributed by atoms with Crippen molar-refractivity contribution in [3.8, 4) is 11.5 Å². The Morgan fingerprint density at radius 2 is 2.09 bits per heavy atom. The van der Waals surface area contributed by atoms with Crippen molar-refractivity contribution in [1.29, 1.82) is 0 Å². The Labute approximate surface area is 132 Å². The first-order chi connectivity index (χ1) is 11.0. The number of allylic oxidation sites excluding steroid dienone is 1. The van der Waals surface area contributed by atoms with Crippen molar-refractivity contribution in [2.75, 3.05) is 6.61 Å². The van der Waals surface area contributed by atoms with Crippen molar-refractivity contribution < 1.29 is 23.5 Å². The lowest BCUT2D eigenvalue weighted by atomic mass is 10.1. The number of benzene rings is 2. The number of halogens is 1. The molecule has 1 aliphatic heterocycles. The van der Waals surface area contributed by atoms with Gasteiger partial charge < -0.3 is 9.47 Å². The molecule has 23 heavy (non-hydrogen) atoms. The molecule has 0 spiro atoms. The fraction of sp³-hybridized carbons (Fsp3) is 0.111. The molecule has 0 radical (unpaired) electrons. The molecule has 0 amide bonds. The minimum absolute atomic E-state index is 0.0429. The van der Waals surface area contributed by atoms with E-state index in [1.165, 1.54) is 25.1 Å². The monoisotopic (exact) mass is 312 g/mol. The number of fused-ring (bicyclic) bond motifs is 1. The van der Waals surface area contributed by atoms with Gasteiger partial charge in [0, 0.05) is 6.07 Å². The molecule has 0 saturated carbocycles. The summed E-state index contributed by atoms with van der Waals surface area (Å²) < 4.78 is 24.0. The summed E-state index contributed by atoms with van der Waals surface area (Å²) in [5, 5.41) is 0. The largest absolute Gasteiger partial charge is 0.486 e. The van der Waals surface area contributed by atoms with Gasteiger partial charge in [-0.1, -0.05) is 12.1 Å². The summed E-state index contributed by atoms with van der Waals surface area (Å²) in [7, 11) is 0. The molecule has 0 aromatic heterocycles. The third kappa shape index (κ3) is 3.29. The highest BCUT2D eigenvalue weighted by atomic mass is 19.1. The first-order valence-electron chi connectivity index (χ1n) is 6.99. The molecule has 0 unspecified atom stereocenters. The molecule has 2 aromatic carbocycles. The first-order valence-corrected chi connectivity index (χ1v) is 6.99. The van der Waals surface area contributed by atoms with E-state index in [9.17, 15) is 14.0 Å². The third-order valence-corrected chi connectivity index (χ3v) is 3.23. The smallest absolute Gasteiger partial charge is 0.231 e. The van der Waals surface area contributed by atoms with Gasteiger partial charge in [0.15, 0.2) is 11.5 Å². The second-order valence-electron chi connectivity index (χ2n) is 5.14. The predicted octanol–water partition coefficient (Wildman–Crippen LogP) is 3.41. The van der Waals surface area contributed by atoms with Crippen molar-refractivity contribution in [3.05, 3.63) is 65.2 Å². The van der Waals surface area contributed by atoms with Crippen LogP contribution in [0.5, 0.6) is 11.5 Å². The van der Waals surface area contributed by atoms with Crippen LogP contribution in [-0.4, -0.2) is 18.2 Å². The highest BCUT2D eigenvalue weighted by Crippen LogP contribution is 2.34. The molecule has 0 N–H and O–H groups in total. The van der Waals surface area contributed by atoms with Crippen LogP contribution >= 0.6 is 0 Å². The summed E-state index contributed by atoms with van der Waals surface area (Å²) in [5.41, 5.74) is 0.942. The van der Waals surface area contributed by atoms with Gasteiger partial charge in [-0.25, -0.2) is 4.39 Å². The Bertz CT molecular complexity index is 824. The van der Waals surface area contributed by atoms with Gasteiger partial charge in [0.2, 0.25) is 5.78 Å². The van der Waals surface area contributed by atoms with Crippen LogP contribution in [0.4, 0.5) is 4.39 Å². The number of ether oxygens (including phenoxy) is 2. The van der Waals surface area contributed by atoms with Gasteiger partial charge in [-0.15, -0.1) is 0 Å². The van der Waals surface area contributed by atoms with Crippen LogP contribution in [0, 0.1) is 5.82 Å². The minimum atomic E-state index is -0.387. The van der Waals surface area contributed by atoms with E-state index < -0.39 is 0 Å². The Hall–Kier alpha value is -2.95. The average molecular weight is 312 g/mol. The third-order valence-electron chi connectivity index (χ3n) is 3.23. The van der Waals surface area contributed by atoms with Crippen molar-refractivity contribution in [1.82, 2.24) is 0 Å². The number of carbonyl (C=O) groups is 2. The van der Waals surface area contributed by atoms with Gasteiger partial charge in [-0.2, -0.15) is 0 Å². The normalized spacial score (nSPS) is 14.5. The van der Waals surface area contributed by atoms with Crippen molar-refractivity contribution in [2.24, 2.45) is 0 Å². The fourth-order valence-corrected chi connectivity index (χ4v) is 2.19. The van der Waals surface area contributed by atoms with E-state index >= 15 is 0 Å². The maximum absolute atomic E-state index is 13.2. The molecule has 0 fully saturated rings. The molecule has 5 heteroatoms. The zero-order chi connectivity index (χ0) is 16.4. The highest BCUT2D eigenvalue weighted by molar-refractivity contribution is 6.14. The van der Waals surface area contributed by atoms with Gasteiger partial charge in [-0.05, 0) is 42.8 Å². The first kappa shape index (κ1) is 15.0. The van der Waals surface area contributed by atoms with E-state index in [4.69, 9.17) is 9.47 Å². The number of hydrogen-bond acceptors (Lipinski definition) is 4. The van der Waals surface area contributed by atoms with Crippen molar-refractivity contribution in [3.63, 3.8) is 0 Å². The number of hydrogen-bond donors (Lipinski definition) is 0. The summed E-state index contributed by atoms with van der Waals surface area (Å²) in [6, 6.07) is 10.6. The summed E-state index contributed by atoms with van der Waals surface area (Å²) in [6.07, 6.45) is 1.49. The van der Waals surface area contributed by atoms with Crippen LogP contribution in [0.1, 0.15) is 22.8 Å². The zero-order valence-electron chi connectivity index (χ0n) is 12.3. The lowest BCUT2D eigenvalue weighted by molar-refractivity contribution is -0.118. The molecular weight excluding hydrogens is 299 g/mol. The summed E-state index contributed by atoms with van der Waals surface area (Å²) >= 11 is 0. The quantitative estimate of drug-likeness (QED) is 0.812. The molecule has 3 rings (SSSR count). The zero-order valence-corrected chi connectivity index (χ0v) is 12.3. The lowest BCUT2D eigenvalue weighted by Crippen LogP contribution is -2.06. The fourth-order valence-electron chi connectivity index (χ4n) is 2.19. The standard InChI is InChI=1S/C18H13FO4/c1-11(20)10-22-14-5-6-15-16(9-14)23-17(18(15)21)8-12-3-2-4-13(19)7-12/h2-9H,10H2,1H3/b17-8+. The summed E-state index contributed by atoms with van der Waals surface area (Å²) in [6.45, 7) is 1.38. The molecule has 0 bridgehead atoms. The number of Topliss-reactive ketones (excluding diaryl/α,β-unsaturated/α-hetero) is 2. The maximum atomic E-state index is 13.2. The van der Waals surface area contributed by atoms with Crippen LogP contribution < -0.4 is 9.47 Å². The Kier molecular flexibility index (Phi) is 3.93. The van der Waals surface area contributed by atoms with Crippen LogP contribution in [0.3, 0.4) is 0 Å². The van der Waals surface area contributed by atoms with Crippen molar-refractivity contribution in [2.45, 2.75) is 6.92 Å². The predicted molar refractivity (Wildman–Crippen MR) is 82.0 cm³/mol. The molecule has 4 nitrogen and oxygen atoms in total. The SMILES string of the molecule is CC(=O)COc1ccc2c(c1)O/C(=C/c1cccc(F)c1)C2=O. The van der Waals surface area contributed by atoms with E-state index in [-0.39, 0.29) is 29.7 Å². The Balaban J connectivity index is 1.85. The van der Waals surface area contributed by atoms with Gasteiger partial charge in [0.25, 0.3) is 0 Å². The van der Waals surface area contributed by atoms with E-state index in [1.54, 1.807) is 30.3 Å². The maximum Gasteiger partial charge on any atom is 0.231 e. The van der Waals surface area contributed by atoms with Crippen LogP contribution in [0.15, 0.2) is 48.2 Å². The molecule has 2 aromatic rings. The van der Waals surface area contributed by atoms with Crippen LogP contribution in [0.25, 0.3) is 6.08 Å². The van der Waals surface area contributed by atoms with Crippen LogP contribution in [0.2, 0.25) is 0 Å². The molecule has 0 atom stereocenters. The van der Waals surface area contributed by atoms with Crippen molar-refractivity contribution >= 4 is 17.6 Å². The van der Waals surface area contributed by atoms with Gasteiger partial charge in [-0.3, -0.25) is 9.59 Å².